The fourth-order valence-electron chi connectivity index (χ4n) is 2.09. The molecule has 1 aromatic rings. The second-order valence-corrected chi connectivity index (χ2v) is 4.94. The molecule has 21 heavy (non-hydrogen) atoms. The molecule has 118 valence electrons. The van der Waals surface area contributed by atoms with E-state index in [0.717, 1.165) is 25.9 Å². The Balaban J connectivity index is 2.09. The van der Waals surface area contributed by atoms with Crippen LogP contribution in [0.5, 0.6) is 0 Å². The maximum absolute atomic E-state index is 8.86. The molecule has 9 nitrogen and oxygen atoms in total. The number of rotatable bonds is 7. The maximum atomic E-state index is 8.86. The van der Waals surface area contributed by atoms with Gasteiger partial charge in [-0.05, 0) is 19.8 Å². The summed E-state index contributed by atoms with van der Waals surface area (Å²) >= 11 is 0. The van der Waals surface area contributed by atoms with E-state index in [1.165, 1.54) is 0 Å². The lowest BCUT2D eigenvalue weighted by molar-refractivity contribution is 0.122. The van der Waals surface area contributed by atoms with Crippen LogP contribution >= 0.6 is 0 Å². The minimum Gasteiger partial charge on any atom is -0.396 e. The van der Waals surface area contributed by atoms with Gasteiger partial charge in [-0.15, -0.1) is 0 Å². The first kappa shape index (κ1) is 15.7. The SMILES string of the molecule is CC(CCCO)Nc1nc(NN)nc(N2CCOCC2)n1. The molecule has 1 aliphatic rings. The summed E-state index contributed by atoms with van der Waals surface area (Å²) in [7, 11) is 0. The van der Waals surface area contributed by atoms with Crippen LogP contribution in [-0.4, -0.2) is 59.0 Å². The number of aromatic nitrogens is 3. The Labute approximate surface area is 123 Å². The van der Waals surface area contributed by atoms with Gasteiger partial charge >= 0.3 is 0 Å². The topological polar surface area (TPSA) is 121 Å². The highest BCUT2D eigenvalue weighted by Gasteiger charge is 2.17. The number of hydrogen-bond acceptors (Lipinski definition) is 9. The monoisotopic (exact) mass is 297 g/mol. The van der Waals surface area contributed by atoms with Crippen molar-refractivity contribution in [1.29, 1.82) is 0 Å². The average molecular weight is 297 g/mol. The highest BCUT2D eigenvalue weighted by molar-refractivity contribution is 5.43. The molecule has 1 fully saturated rings. The minimum atomic E-state index is 0.155. The number of anilines is 3. The first-order valence-electron chi connectivity index (χ1n) is 7.15. The van der Waals surface area contributed by atoms with Crippen LogP contribution in [0, 0.1) is 0 Å². The highest BCUT2D eigenvalue weighted by atomic mass is 16.5. The van der Waals surface area contributed by atoms with Crippen LogP contribution in [0.15, 0.2) is 0 Å². The van der Waals surface area contributed by atoms with E-state index in [9.17, 15) is 0 Å². The lowest BCUT2D eigenvalue weighted by Gasteiger charge is -2.27. The number of nitrogens with one attached hydrogen (secondary N) is 2. The van der Waals surface area contributed by atoms with Gasteiger partial charge in [-0.2, -0.15) is 15.0 Å². The molecule has 1 saturated heterocycles. The van der Waals surface area contributed by atoms with Crippen molar-refractivity contribution in [3.8, 4) is 0 Å². The van der Waals surface area contributed by atoms with Crippen molar-refractivity contribution in [3.05, 3.63) is 0 Å². The normalized spacial score (nSPS) is 16.6. The Morgan fingerprint density at radius 3 is 2.67 bits per heavy atom. The molecule has 2 rings (SSSR count). The van der Waals surface area contributed by atoms with Crippen LogP contribution in [0.1, 0.15) is 19.8 Å². The fourth-order valence-corrected chi connectivity index (χ4v) is 2.09. The van der Waals surface area contributed by atoms with Gasteiger partial charge in [-0.1, -0.05) is 0 Å². The van der Waals surface area contributed by atoms with Crippen LogP contribution < -0.4 is 21.5 Å². The van der Waals surface area contributed by atoms with E-state index in [4.69, 9.17) is 15.7 Å². The summed E-state index contributed by atoms with van der Waals surface area (Å²) in [6, 6.07) is 0.155. The molecule has 0 aromatic carbocycles. The molecule has 9 heteroatoms. The summed E-state index contributed by atoms with van der Waals surface area (Å²) < 4.78 is 5.32. The number of aliphatic hydroxyl groups is 1. The van der Waals surface area contributed by atoms with Gasteiger partial charge in [0.2, 0.25) is 17.8 Å². The van der Waals surface area contributed by atoms with Gasteiger partial charge in [0.25, 0.3) is 0 Å². The number of nitrogens with zero attached hydrogens (tertiary/aromatic N) is 4. The second kappa shape index (κ2) is 7.91. The summed E-state index contributed by atoms with van der Waals surface area (Å²) in [5, 5.41) is 12.1. The third-order valence-electron chi connectivity index (χ3n) is 3.22. The van der Waals surface area contributed by atoms with Gasteiger partial charge in [0.15, 0.2) is 0 Å². The van der Waals surface area contributed by atoms with Crippen molar-refractivity contribution >= 4 is 17.8 Å². The fraction of sp³-hybridized carbons (Fsp3) is 0.750. The molecule has 1 unspecified atom stereocenters. The standard InChI is InChI=1S/C12H23N7O2/c1-9(3-2-6-20)14-10-15-11(18-13)17-12(16-10)19-4-7-21-8-5-19/h9,20H,2-8,13H2,1H3,(H2,14,15,16,17,18). The van der Waals surface area contributed by atoms with Crippen molar-refractivity contribution in [2.75, 3.05) is 48.6 Å². The first-order valence-corrected chi connectivity index (χ1v) is 7.15. The van der Waals surface area contributed by atoms with Crippen LogP contribution in [-0.2, 0) is 4.74 Å². The van der Waals surface area contributed by atoms with Crippen molar-refractivity contribution in [2.45, 2.75) is 25.8 Å². The van der Waals surface area contributed by atoms with Crippen molar-refractivity contribution < 1.29 is 9.84 Å². The quantitative estimate of drug-likeness (QED) is 0.392. The Morgan fingerprint density at radius 1 is 1.29 bits per heavy atom. The van der Waals surface area contributed by atoms with Crippen LogP contribution in [0.25, 0.3) is 0 Å². The Bertz CT molecular complexity index is 440. The molecule has 1 aromatic heterocycles. The first-order chi connectivity index (χ1) is 10.2. The van der Waals surface area contributed by atoms with Crippen molar-refractivity contribution in [1.82, 2.24) is 15.0 Å². The van der Waals surface area contributed by atoms with E-state index in [1.54, 1.807) is 0 Å². The molecular formula is C12H23N7O2. The summed E-state index contributed by atoms with van der Waals surface area (Å²) in [5.41, 5.74) is 2.46. The van der Waals surface area contributed by atoms with Gasteiger partial charge < -0.3 is 20.1 Å². The van der Waals surface area contributed by atoms with Gasteiger partial charge in [0, 0.05) is 25.7 Å². The third-order valence-corrected chi connectivity index (χ3v) is 3.22. The molecule has 0 amide bonds. The summed E-state index contributed by atoms with van der Waals surface area (Å²) in [6.45, 7) is 5.00. The van der Waals surface area contributed by atoms with Crippen molar-refractivity contribution in [3.63, 3.8) is 0 Å². The summed E-state index contributed by atoms with van der Waals surface area (Å²) in [5.74, 6) is 6.80. The summed E-state index contributed by atoms with van der Waals surface area (Å²) in [6.07, 6.45) is 1.57. The molecule has 0 spiro atoms. The molecule has 0 aliphatic carbocycles. The zero-order chi connectivity index (χ0) is 15.1. The van der Waals surface area contributed by atoms with Gasteiger partial charge in [0.1, 0.15) is 0 Å². The number of aliphatic hydroxyl groups excluding tert-OH is 1. The van der Waals surface area contributed by atoms with E-state index in [-0.39, 0.29) is 12.6 Å². The van der Waals surface area contributed by atoms with E-state index in [2.05, 4.69) is 25.7 Å². The number of hydrazine groups is 1. The van der Waals surface area contributed by atoms with Crippen molar-refractivity contribution in [2.24, 2.45) is 5.84 Å². The molecule has 0 saturated carbocycles. The lowest BCUT2D eigenvalue weighted by Crippen LogP contribution is -2.37. The van der Waals surface area contributed by atoms with Crippen LogP contribution in [0.4, 0.5) is 17.8 Å². The van der Waals surface area contributed by atoms with Gasteiger partial charge in [-0.25, -0.2) is 5.84 Å². The van der Waals surface area contributed by atoms with Crippen LogP contribution in [0.3, 0.4) is 0 Å². The zero-order valence-electron chi connectivity index (χ0n) is 12.2. The number of hydrogen-bond donors (Lipinski definition) is 4. The minimum absolute atomic E-state index is 0.155. The molecule has 0 bridgehead atoms. The Hall–Kier alpha value is -1.71. The third kappa shape index (κ3) is 4.66. The molecule has 1 aliphatic heterocycles. The van der Waals surface area contributed by atoms with E-state index < -0.39 is 0 Å². The highest BCUT2D eigenvalue weighted by Crippen LogP contribution is 2.15. The predicted octanol–water partition coefficient (Wildman–Crippen LogP) is -0.433. The molecule has 2 heterocycles. The molecule has 0 radical (unpaired) electrons. The van der Waals surface area contributed by atoms with Gasteiger partial charge in [-0.3, -0.25) is 5.43 Å². The molecular weight excluding hydrogens is 274 g/mol. The van der Waals surface area contributed by atoms with Gasteiger partial charge in [0.05, 0.1) is 13.2 Å². The molecule has 5 N–H and O–H groups in total. The number of nitrogen functional groups attached to an aromatic ring is 1. The predicted molar refractivity (Wildman–Crippen MR) is 80.1 cm³/mol. The number of morpholine rings is 1. The van der Waals surface area contributed by atoms with E-state index in [1.807, 2.05) is 11.8 Å². The smallest absolute Gasteiger partial charge is 0.243 e. The number of ether oxygens (including phenoxy) is 1. The van der Waals surface area contributed by atoms with E-state index >= 15 is 0 Å². The Kier molecular flexibility index (Phi) is 5.90. The lowest BCUT2D eigenvalue weighted by atomic mass is 10.2. The second-order valence-electron chi connectivity index (χ2n) is 4.94. The summed E-state index contributed by atoms with van der Waals surface area (Å²) in [4.78, 5) is 15.0. The van der Waals surface area contributed by atoms with E-state index in [0.29, 0.717) is 31.1 Å². The Morgan fingerprint density at radius 2 is 2.00 bits per heavy atom. The van der Waals surface area contributed by atoms with Crippen LogP contribution in [0.2, 0.25) is 0 Å². The largest absolute Gasteiger partial charge is 0.396 e. The zero-order valence-corrected chi connectivity index (χ0v) is 12.2. The molecule has 1 atom stereocenters. The maximum Gasteiger partial charge on any atom is 0.243 e. The average Bonchev–Trinajstić information content (AvgIpc) is 2.53. The number of nitrogens with two attached hydrogens (primary N) is 1.